The Morgan fingerprint density at radius 2 is 1.73 bits per heavy atom. The molecule has 0 saturated heterocycles. The Morgan fingerprint density at radius 3 is 2.50 bits per heavy atom. The number of imidazole rings is 1. The number of anilines is 2. The van der Waals surface area contributed by atoms with E-state index < -0.39 is 0 Å². The highest BCUT2D eigenvalue weighted by Crippen LogP contribution is 2.28. The summed E-state index contributed by atoms with van der Waals surface area (Å²) in [4.78, 5) is 28.5. The molecule has 30 heavy (non-hydrogen) atoms. The Morgan fingerprint density at radius 1 is 1.00 bits per heavy atom. The van der Waals surface area contributed by atoms with Crippen molar-refractivity contribution in [1.82, 2.24) is 14.7 Å². The second-order valence-corrected chi connectivity index (χ2v) is 7.85. The molecule has 1 fully saturated rings. The number of pyridine rings is 1. The third-order valence-electron chi connectivity index (χ3n) is 5.58. The van der Waals surface area contributed by atoms with E-state index in [0.29, 0.717) is 24.6 Å². The first-order valence-electron chi connectivity index (χ1n) is 10.5. The van der Waals surface area contributed by atoms with E-state index in [9.17, 15) is 9.59 Å². The number of fused-ring (bicyclic) bond motifs is 1. The summed E-state index contributed by atoms with van der Waals surface area (Å²) in [5, 5.41) is 8.58. The number of aromatic nitrogens is 2. The highest BCUT2D eigenvalue weighted by Gasteiger charge is 2.16. The van der Waals surface area contributed by atoms with Crippen molar-refractivity contribution < 1.29 is 9.59 Å². The van der Waals surface area contributed by atoms with Crippen molar-refractivity contribution in [2.45, 2.75) is 45.1 Å². The van der Waals surface area contributed by atoms with Gasteiger partial charge in [0.1, 0.15) is 5.65 Å². The highest BCUT2D eigenvalue weighted by molar-refractivity contribution is 5.92. The van der Waals surface area contributed by atoms with Gasteiger partial charge in [-0.1, -0.05) is 31.7 Å². The molecular weight excluding hydrogens is 378 g/mol. The molecule has 2 aromatic heterocycles. The zero-order chi connectivity index (χ0) is 20.8. The summed E-state index contributed by atoms with van der Waals surface area (Å²) in [5.41, 5.74) is 3.26. The van der Waals surface area contributed by atoms with Crippen molar-refractivity contribution in [3.8, 4) is 0 Å². The molecule has 2 heterocycles. The molecule has 1 aliphatic rings. The first-order valence-corrected chi connectivity index (χ1v) is 10.5. The van der Waals surface area contributed by atoms with E-state index in [0.717, 1.165) is 23.3 Å². The summed E-state index contributed by atoms with van der Waals surface area (Å²) < 4.78 is 1.91. The van der Waals surface area contributed by atoms with Crippen LogP contribution in [0.25, 0.3) is 5.65 Å². The van der Waals surface area contributed by atoms with E-state index in [-0.39, 0.29) is 11.9 Å². The van der Waals surface area contributed by atoms with Gasteiger partial charge in [0, 0.05) is 42.9 Å². The van der Waals surface area contributed by atoms with Crippen LogP contribution in [0.5, 0.6) is 0 Å². The number of nitrogens with one attached hydrogen (secondary N) is 3. The zero-order valence-electron chi connectivity index (χ0n) is 16.9. The molecule has 7 heteroatoms. The molecule has 4 rings (SSSR count). The number of amides is 3. The molecule has 0 bridgehead atoms. The number of nitrogens with zero attached hydrogens (tertiary/aromatic N) is 2. The van der Waals surface area contributed by atoms with Crippen LogP contribution in [0, 0.1) is 5.92 Å². The molecule has 156 valence electrons. The number of hydrogen-bond donors (Lipinski definition) is 3. The van der Waals surface area contributed by atoms with Gasteiger partial charge in [0.05, 0.1) is 0 Å². The summed E-state index contributed by atoms with van der Waals surface area (Å²) in [6.45, 7) is 0.412. The molecule has 3 N–H and O–H groups in total. The predicted molar refractivity (Wildman–Crippen MR) is 117 cm³/mol. The lowest BCUT2D eigenvalue weighted by atomic mass is 10.0. The Bertz CT molecular complexity index is 1010. The summed E-state index contributed by atoms with van der Waals surface area (Å²) in [7, 11) is 0. The second kappa shape index (κ2) is 9.43. The number of rotatable bonds is 7. The number of carbonyl (C=O) groups excluding carboxylic acids is 2. The monoisotopic (exact) mass is 405 g/mol. The quantitative estimate of drug-likeness (QED) is 0.538. The van der Waals surface area contributed by atoms with Gasteiger partial charge in [-0.2, -0.15) is 0 Å². The normalized spacial score (nSPS) is 14.0. The molecule has 3 aromatic rings. The van der Waals surface area contributed by atoms with Crippen LogP contribution in [0.3, 0.4) is 0 Å². The number of hydrogen-bond acceptors (Lipinski definition) is 3. The average molecular weight is 406 g/mol. The molecule has 7 nitrogen and oxygen atoms in total. The lowest BCUT2D eigenvalue weighted by Gasteiger charge is -2.11. The Kier molecular flexibility index (Phi) is 6.27. The van der Waals surface area contributed by atoms with Crippen LogP contribution in [-0.2, 0) is 11.3 Å². The molecule has 1 saturated carbocycles. The van der Waals surface area contributed by atoms with Gasteiger partial charge in [0.2, 0.25) is 5.91 Å². The first-order chi connectivity index (χ1) is 14.7. The van der Waals surface area contributed by atoms with Crippen molar-refractivity contribution in [1.29, 1.82) is 0 Å². The van der Waals surface area contributed by atoms with Crippen LogP contribution in [-0.4, -0.2) is 21.3 Å². The van der Waals surface area contributed by atoms with E-state index in [1.54, 1.807) is 30.5 Å². The van der Waals surface area contributed by atoms with Crippen molar-refractivity contribution in [2.24, 2.45) is 5.92 Å². The Labute approximate surface area is 175 Å². The minimum atomic E-state index is -0.283. The fraction of sp³-hybridized carbons (Fsp3) is 0.348. The van der Waals surface area contributed by atoms with Gasteiger partial charge >= 0.3 is 6.03 Å². The van der Waals surface area contributed by atoms with Crippen molar-refractivity contribution in [3.63, 3.8) is 0 Å². The maximum absolute atomic E-state index is 12.2. The molecule has 1 aliphatic carbocycles. The maximum atomic E-state index is 12.2. The highest BCUT2D eigenvalue weighted by atomic mass is 16.2. The van der Waals surface area contributed by atoms with Gasteiger partial charge in [0.15, 0.2) is 0 Å². The van der Waals surface area contributed by atoms with Gasteiger partial charge in [0.25, 0.3) is 0 Å². The van der Waals surface area contributed by atoms with Gasteiger partial charge in [-0.15, -0.1) is 0 Å². The number of carbonyl (C=O) groups is 2. The first kappa shape index (κ1) is 19.9. The fourth-order valence-electron chi connectivity index (χ4n) is 3.92. The summed E-state index contributed by atoms with van der Waals surface area (Å²) in [6.07, 6.45) is 12.2. The standard InChI is InChI=1S/C23H27N5O2/c29-22(12-6-17-3-1-2-4-17)26-19-7-9-20(10-8-19)27-23(30)25-15-18-5-11-21-24-13-14-28(21)16-18/h5,7-11,13-14,16-17H,1-4,6,12,15H2,(H,26,29)(H2,25,27,30). The molecule has 0 unspecified atom stereocenters. The molecule has 0 spiro atoms. The van der Waals surface area contributed by atoms with Gasteiger partial charge in [-0.05, 0) is 48.2 Å². The maximum Gasteiger partial charge on any atom is 0.319 e. The Hall–Kier alpha value is -3.35. The SMILES string of the molecule is O=C(CCC1CCCC1)Nc1ccc(NC(=O)NCc2ccc3nccn3c2)cc1. The lowest BCUT2D eigenvalue weighted by molar-refractivity contribution is -0.116. The van der Waals surface area contributed by atoms with Crippen molar-refractivity contribution in [3.05, 3.63) is 60.6 Å². The third-order valence-corrected chi connectivity index (χ3v) is 5.58. The molecule has 0 atom stereocenters. The van der Waals surface area contributed by atoms with E-state index >= 15 is 0 Å². The molecular formula is C23H27N5O2. The van der Waals surface area contributed by atoms with Crippen LogP contribution in [0.2, 0.25) is 0 Å². The lowest BCUT2D eigenvalue weighted by Crippen LogP contribution is -2.28. The zero-order valence-corrected chi connectivity index (χ0v) is 16.9. The molecule has 1 aromatic carbocycles. The van der Waals surface area contributed by atoms with Crippen LogP contribution in [0.4, 0.5) is 16.2 Å². The summed E-state index contributed by atoms with van der Waals surface area (Å²) in [6, 6.07) is 10.7. The largest absolute Gasteiger partial charge is 0.334 e. The topological polar surface area (TPSA) is 87.5 Å². The fourth-order valence-corrected chi connectivity index (χ4v) is 3.92. The van der Waals surface area contributed by atoms with Crippen LogP contribution in [0.15, 0.2) is 55.0 Å². The van der Waals surface area contributed by atoms with Crippen LogP contribution >= 0.6 is 0 Å². The predicted octanol–water partition coefficient (Wildman–Crippen LogP) is 4.56. The molecule has 0 aliphatic heterocycles. The molecule has 0 radical (unpaired) electrons. The van der Waals surface area contributed by atoms with E-state index in [1.807, 2.05) is 28.9 Å². The smallest absolute Gasteiger partial charge is 0.319 e. The van der Waals surface area contributed by atoms with Crippen LogP contribution < -0.4 is 16.0 Å². The van der Waals surface area contributed by atoms with Crippen LogP contribution in [0.1, 0.15) is 44.1 Å². The van der Waals surface area contributed by atoms with E-state index in [1.165, 1.54) is 25.7 Å². The number of urea groups is 1. The number of benzene rings is 1. The average Bonchev–Trinajstić information content (AvgIpc) is 3.43. The minimum absolute atomic E-state index is 0.0511. The third kappa shape index (κ3) is 5.37. The molecule has 3 amide bonds. The van der Waals surface area contributed by atoms with Crippen molar-refractivity contribution >= 4 is 29.0 Å². The van der Waals surface area contributed by atoms with Gasteiger partial charge in [-0.25, -0.2) is 9.78 Å². The second-order valence-electron chi connectivity index (χ2n) is 7.85. The van der Waals surface area contributed by atoms with E-state index in [2.05, 4.69) is 20.9 Å². The van der Waals surface area contributed by atoms with E-state index in [4.69, 9.17) is 0 Å². The van der Waals surface area contributed by atoms with Gasteiger partial charge < -0.3 is 20.4 Å². The van der Waals surface area contributed by atoms with Crippen molar-refractivity contribution in [2.75, 3.05) is 10.6 Å². The summed E-state index contributed by atoms with van der Waals surface area (Å²) in [5.74, 6) is 0.762. The van der Waals surface area contributed by atoms with Gasteiger partial charge in [-0.3, -0.25) is 4.79 Å². The Balaban J connectivity index is 1.21. The minimum Gasteiger partial charge on any atom is -0.334 e. The summed E-state index contributed by atoms with van der Waals surface area (Å²) >= 11 is 0.